The normalized spacial score (nSPS) is 11.0. The molecule has 136 valence electrons. The molecule has 0 spiro atoms. The van der Waals surface area contributed by atoms with Gasteiger partial charge in [0.05, 0.1) is 0 Å². The molecule has 0 amide bonds. The molecule has 1 heterocycles. The molecule has 0 atom stereocenters. The molecule has 2 aromatic rings. The number of unbranched alkanes of at least 4 members (excludes halogenated alkanes) is 4. The fourth-order valence-corrected chi connectivity index (χ4v) is 2.99. The summed E-state index contributed by atoms with van der Waals surface area (Å²) in [7, 11) is 0. The molecule has 0 aliphatic rings. The summed E-state index contributed by atoms with van der Waals surface area (Å²) >= 11 is 0. The van der Waals surface area contributed by atoms with Gasteiger partial charge in [-0.1, -0.05) is 51.7 Å². The highest BCUT2D eigenvalue weighted by atomic mass is 19.1. The van der Waals surface area contributed by atoms with E-state index in [4.69, 9.17) is 0 Å². The van der Waals surface area contributed by atoms with Crippen molar-refractivity contribution in [2.45, 2.75) is 78.1 Å². The molecule has 2 nitrogen and oxygen atoms in total. The first-order valence-corrected chi connectivity index (χ1v) is 9.80. The van der Waals surface area contributed by atoms with Gasteiger partial charge in [-0.3, -0.25) is 0 Å². The largest absolute Gasteiger partial charge is 0.241 e. The van der Waals surface area contributed by atoms with Crippen LogP contribution in [-0.2, 0) is 25.7 Å². The minimum absolute atomic E-state index is 0.0687. The fraction of sp³-hybridized carbons (Fsp3) is 0.545. The molecule has 2 rings (SSSR count). The summed E-state index contributed by atoms with van der Waals surface area (Å²) in [6.45, 7) is 4.37. The molecule has 0 radical (unpaired) electrons. The number of aryl methyl sites for hydroxylation is 4. The molecule has 0 unspecified atom stereocenters. The Kier molecular flexibility index (Phi) is 8.58. The second-order valence-corrected chi connectivity index (χ2v) is 6.85. The average molecular weight is 343 g/mol. The third kappa shape index (κ3) is 6.93. The fourth-order valence-electron chi connectivity index (χ4n) is 2.99. The average Bonchev–Trinajstić information content (AvgIpc) is 2.63. The van der Waals surface area contributed by atoms with E-state index in [9.17, 15) is 4.39 Å². The summed E-state index contributed by atoms with van der Waals surface area (Å²) in [6.07, 6.45) is 14.4. The molecule has 25 heavy (non-hydrogen) atoms. The van der Waals surface area contributed by atoms with Gasteiger partial charge in [-0.05, 0) is 54.9 Å². The lowest BCUT2D eigenvalue weighted by Crippen LogP contribution is -2.00. The Balaban J connectivity index is 1.83. The van der Waals surface area contributed by atoms with Crippen LogP contribution in [0.15, 0.2) is 30.6 Å². The molecule has 0 N–H and O–H groups in total. The number of benzene rings is 1. The van der Waals surface area contributed by atoms with Crippen molar-refractivity contribution in [3.63, 3.8) is 0 Å². The van der Waals surface area contributed by atoms with Gasteiger partial charge in [0.2, 0.25) is 0 Å². The van der Waals surface area contributed by atoms with Crippen molar-refractivity contribution in [1.29, 1.82) is 0 Å². The van der Waals surface area contributed by atoms with Crippen LogP contribution in [-0.4, -0.2) is 9.97 Å². The van der Waals surface area contributed by atoms with Crippen molar-refractivity contribution < 1.29 is 4.39 Å². The van der Waals surface area contributed by atoms with E-state index in [1.165, 1.54) is 24.8 Å². The second kappa shape index (κ2) is 11.0. The van der Waals surface area contributed by atoms with Crippen LogP contribution in [0.4, 0.5) is 4.39 Å². The van der Waals surface area contributed by atoms with Crippen LogP contribution in [0.25, 0.3) is 0 Å². The first-order valence-electron chi connectivity index (χ1n) is 9.80. The smallest absolute Gasteiger partial charge is 0.128 e. The monoisotopic (exact) mass is 342 g/mol. The number of nitrogens with zero attached hydrogens (tertiary/aromatic N) is 2. The Morgan fingerprint density at radius 1 is 0.760 bits per heavy atom. The van der Waals surface area contributed by atoms with Crippen molar-refractivity contribution in [2.75, 3.05) is 0 Å². The second-order valence-electron chi connectivity index (χ2n) is 6.85. The molecule has 1 aromatic heterocycles. The van der Waals surface area contributed by atoms with E-state index in [0.29, 0.717) is 0 Å². The first-order chi connectivity index (χ1) is 12.2. The van der Waals surface area contributed by atoms with Gasteiger partial charge in [-0.15, -0.1) is 0 Å². The molecular formula is C22H31FN2. The predicted octanol–water partition coefficient (Wildman–Crippen LogP) is 5.87. The van der Waals surface area contributed by atoms with E-state index in [1.807, 2.05) is 24.5 Å². The van der Waals surface area contributed by atoms with Crippen molar-refractivity contribution >= 4 is 0 Å². The zero-order valence-electron chi connectivity index (χ0n) is 15.7. The van der Waals surface area contributed by atoms with Gasteiger partial charge < -0.3 is 0 Å². The third-order valence-electron chi connectivity index (χ3n) is 4.63. The Morgan fingerprint density at radius 3 is 2.08 bits per heavy atom. The minimum atomic E-state index is -0.0687. The Bertz CT molecular complexity index is 622. The van der Waals surface area contributed by atoms with Crippen molar-refractivity contribution in [3.05, 3.63) is 58.9 Å². The van der Waals surface area contributed by atoms with E-state index in [0.717, 1.165) is 61.9 Å². The van der Waals surface area contributed by atoms with E-state index in [-0.39, 0.29) is 5.82 Å². The molecule has 1 aromatic carbocycles. The number of rotatable bonds is 11. The molecule has 0 aliphatic carbocycles. The maximum atomic E-state index is 14.2. The zero-order valence-corrected chi connectivity index (χ0v) is 15.7. The number of hydrogen-bond acceptors (Lipinski definition) is 2. The Labute approximate surface area is 151 Å². The van der Waals surface area contributed by atoms with Gasteiger partial charge in [0.15, 0.2) is 0 Å². The summed E-state index contributed by atoms with van der Waals surface area (Å²) in [6, 6.07) is 5.67. The van der Waals surface area contributed by atoms with Crippen LogP contribution < -0.4 is 0 Å². The standard InChI is InChI=1S/C22H31FN2/c1-3-5-7-9-19-16-24-22(25-17-19)14-12-18-11-13-20(21(23)15-18)10-8-6-4-2/h11,13,15-17H,3-10,12,14H2,1-2H3. The highest BCUT2D eigenvalue weighted by molar-refractivity contribution is 5.25. The summed E-state index contributed by atoms with van der Waals surface area (Å²) in [5.74, 6) is 0.771. The van der Waals surface area contributed by atoms with Crippen LogP contribution in [0.2, 0.25) is 0 Å². The van der Waals surface area contributed by atoms with E-state index in [2.05, 4.69) is 23.8 Å². The topological polar surface area (TPSA) is 25.8 Å². The van der Waals surface area contributed by atoms with Crippen LogP contribution in [0, 0.1) is 5.82 Å². The van der Waals surface area contributed by atoms with Crippen LogP contribution in [0.1, 0.15) is 74.9 Å². The quantitative estimate of drug-likeness (QED) is 0.478. The summed E-state index contributed by atoms with van der Waals surface area (Å²) in [5.41, 5.74) is 3.07. The summed E-state index contributed by atoms with van der Waals surface area (Å²) in [4.78, 5) is 8.92. The SMILES string of the molecule is CCCCCc1cnc(CCc2ccc(CCCCC)c(F)c2)nc1. The van der Waals surface area contributed by atoms with Gasteiger partial charge in [-0.25, -0.2) is 14.4 Å². The van der Waals surface area contributed by atoms with Gasteiger partial charge in [-0.2, -0.15) is 0 Å². The highest BCUT2D eigenvalue weighted by Gasteiger charge is 2.05. The number of hydrogen-bond donors (Lipinski definition) is 0. The lowest BCUT2D eigenvalue weighted by Gasteiger charge is -2.07. The van der Waals surface area contributed by atoms with E-state index in [1.54, 1.807) is 6.07 Å². The predicted molar refractivity (Wildman–Crippen MR) is 102 cm³/mol. The molecule has 0 aliphatic heterocycles. The maximum absolute atomic E-state index is 14.2. The van der Waals surface area contributed by atoms with Gasteiger partial charge in [0.25, 0.3) is 0 Å². The van der Waals surface area contributed by atoms with Crippen LogP contribution in [0.3, 0.4) is 0 Å². The van der Waals surface area contributed by atoms with Crippen molar-refractivity contribution in [3.8, 4) is 0 Å². The molecule has 0 fully saturated rings. The lowest BCUT2D eigenvalue weighted by atomic mass is 10.0. The third-order valence-corrected chi connectivity index (χ3v) is 4.63. The van der Waals surface area contributed by atoms with E-state index < -0.39 is 0 Å². The molecule has 3 heteroatoms. The van der Waals surface area contributed by atoms with Crippen molar-refractivity contribution in [2.24, 2.45) is 0 Å². The Morgan fingerprint density at radius 2 is 1.44 bits per heavy atom. The van der Waals surface area contributed by atoms with Crippen LogP contribution >= 0.6 is 0 Å². The summed E-state index contributed by atoms with van der Waals surface area (Å²) < 4.78 is 14.2. The number of halogens is 1. The molecule has 0 saturated heterocycles. The summed E-state index contributed by atoms with van der Waals surface area (Å²) in [5, 5.41) is 0. The molecule has 0 saturated carbocycles. The van der Waals surface area contributed by atoms with Gasteiger partial charge >= 0.3 is 0 Å². The lowest BCUT2D eigenvalue weighted by molar-refractivity contribution is 0.596. The zero-order chi connectivity index (χ0) is 17.9. The maximum Gasteiger partial charge on any atom is 0.128 e. The van der Waals surface area contributed by atoms with Gasteiger partial charge in [0.1, 0.15) is 11.6 Å². The van der Waals surface area contributed by atoms with Crippen LogP contribution in [0.5, 0.6) is 0 Å². The van der Waals surface area contributed by atoms with Crippen molar-refractivity contribution in [1.82, 2.24) is 9.97 Å². The molecular weight excluding hydrogens is 311 g/mol. The number of aromatic nitrogens is 2. The minimum Gasteiger partial charge on any atom is -0.241 e. The highest BCUT2D eigenvalue weighted by Crippen LogP contribution is 2.15. The van der Waals surface area contributed by atoms with Gasteiger partial charge in [0, 0.05) is 18.8 Å². The van der Waals surface area contributed by atoms with E-state index >= 15 is 0 Å². The molecule has 0 bridgehead atoms. The Hall–Kier alpha value is -1.77. The first kappa shape index (κ1) is 19.6.